The third-order valence-electron chi connectivity index (χ3n) is 4.05. The van der Waals surface area contributed by atoms with Crippen LogP contribution in [0, 0.1) is 0 Å². The highest BCUT2D eigenvalue weighted by molar-refractivity contribution is 5.76. The van der Waals surface area contributed by atoms with Crippen LogP contribution in [0.1, 0.15) is 12.0 Å². The fraction of sp³-hybridized carbons (Fsp3) is 0.562. The number of nitrogen functional groups attached to an aromatic ring is 1. The molecule has 0 radical (unpaired) electrons. The largest absolute Gasteiger partial charge is 0.493 e. The monoisotopic (exact) mass is 307 g/mol. The second-order valence-corrected chi connectivity index (χ2v) is 5.60. The van der Waals surface area contributed by atoms with E-state index in [1.54, 1.807) is 14.2 Å². The molecule has 0 spiro atoms. The van der Waals surface area contributed by atoms with E-state index in [-0.39, 0.29) is 5.91 Å². The Morgan fingerprint density at radius 3 is 2.45 bits per heavy atom. The molecule has 1 aliphatic rings. The Bertz CT molecular complexity index is 526. The Kier molecular flexibility index (Phi) is 5.49. The molecule has 2 N–H and O–H groups in total. The van der Waals surface area contributed by atoms with Gasteiger partial charge in [0.1, 0.15) is 0 Å². The van der Waals surface area contributed by atoms with E-state index in [0.717, 1.165) is 31.7 Å². The molecule has 0 atom stereocenters. The van der Waals surface area contributed by atoms with Gasteiger partial charge in [-0.25, -0.2) is 0 Å². The third kappa shape index (κ3) is 3.82. The number of piperazine rings is 1. The van der Waals surface area contributed by atoms with Crippen molar-refractivity contribution >= 4 is 11.6 Å². The number of amides is 1. The standard InChI is InChI=1S/C16H25N3O3/c1-18-6-8-19(9-7-18)15(20)5-4-12-10-13(17)16(22-3)14(11-12)21-2/h10-11H,4-9,17H2,1-3H3. The molecule has 0 unspecified atom stereocenters. The van der Waals surface area contributed by atoms with Gasteiger partial charge in [0.15, 0.2) is 11.5 Å². The van der Waals surface area contributed by atoms with E-state index in [2.05, 4.69) is 11.9 Å². The summed E-state index contributed by atoms with van der Waals surface area (Å²) in [6.45, 7) is 3.50. The molecule has 1 aromatic rings. The van der Waals surface area contributed by atoms with Crippen molar-refractivity contribution in [2.24, 2.45) is 0 Å². The number of methoxy groups -OCH3 is 2. The molecule has 122 valence electrons. The SMILES string of the molecule is COc1cc(CCC(=O)N2CCN(C)CC2)cc(N)c1OC. The zero-order valence-corrected chi connectivity index (χ0v) is 13.6. The zero-order chi connectivity index (χ0) is 16.1. The van der Waals surface area contributed by atoms with Gasteiger partial charge in [0.05, 0.1) is 19.9 Å². The van der Waals surface area contributed by atoms with Gasteiger partial charge in [-0.3, -0.25) is 4.79 Å². The van der Waals surface area contributed by atoms with Gasteiger partial charge in [-0.2, -0.15) is 0 Å². The van der Waals surface area contributed by atoms with E-state index in [1.807, 2.05) is 17.0 Å². The Balaban J connectivity index is 1.96. The Morgan fingerprint density at radius 2 is 1.86 bits per heavy atom. The minimum absolute atomic E-state index is 0.196. The molecule has 0 bridgehead atoms. The van der Waals surface area contributed by atoms with Crippen LogP contribution in [0.4, 0.5) is 5.69 Å². The first-order valence-electron chi connectivity index (χ1n) is 7.52. The maximum atomic E-state index is 12.3. The molecule has 1 fully saturated rings. The summed E-state index contributed by atoms with van der Waals surface area (Å²) >= 11 is 0. The van der Waals surface area contributed by atoms with E-state index < -0.39 is 0 Å². The number of benzene rings is 1. The number of carbonyl (C=O) groups is 1. The first-order chi connectivity index (χ1) is 10.5. The molecule has 1 aromatic carbocycles. The molecule has 2 rings (SSSR count). The Hall–Kier alpha value is -1.95. The van der Waals surface area contributed by atoms with Crippen LogP contribution in [0.3, 0.4) is 0 Å². The van der Waals surface area contributed by atoms with Crippen LogP contribution in [0.2, 0.25) is 0 Å². The first kappa shape index (κ1) is 16.4. The molecule has 0 aliphatic carbocycles. The minimum atomic E-state index is 0.196. The van der Waals surface area contributed by atoms with Crippen LogP contribution in [-0.2, 0) is 11.2 Å². The fourth-order valence-electron chi connectivity index (χ4n) is 2.66. The third-order valence-corrected chi connectivity index (χ3v) is 4.05. The molecule has 1 saturated heterocycles. The van der Waals surface area contributed by atoms with Crippen LogP contribution in [0.15, 0.2) is 12.1 Å². The lowest BCUT2D eigenvalue weighted by molar-refractivity contribution is -0.132. The molecule has 0 aromatic heterocycles. The number of hydrogen-bond donors (Lipinski definition) is 1. The number of aryl methyl sites for hydroxylation is 1. The van der Waals surface area contributed by atoms with Crippen LogP contribution in [0.25, 0.3) is 0 Å². The predicted octanol–water partition coefficient (Wildman–Crippen LogP) is 0.993. The highest BCUT2D eigenvalue weighted by Crippen LogP contribution is 2.34. The average molecular weight is 307 g/mol. The lowest BCUT2D eigenvalue weighted by Gasteiger charge is -2.32. The van der Waals surface area contributed by atoms with E-state index >= 15 is 0 Å². The normalized spacial score (nSPS) is 15.7. The molecule has 0 saturated carbocycles. The molecule has 22 heavy (non-hydrogen) atoms. The van der Waals surface area contributed by atoms with Gasteiger partial charge < -0.3 is 25.0 Å². The van der Waals surface area contributed by atoms with Gasteiger partial charge in [-0.05, 0) is 31.2 Å². The van der Waals surface area contributed by atoms with Crippen LogP contribution in [-0.4, -0.2) is 63.2 Å². The number of rotatable bonds is 5. The quantitative estimate of drug-likeness (QED) is 0.822. The van der Waals surface area contributed by atoms with Gasteiger partial charge in [0, 0.05) is 32.6 Å². The summed E-state index contributed by atoms with van der Waals surface area (Å²) in [4.78, 5) is 16.4. The second kappa shape index (κ2) is 7.35. The summed E-state index contributed by atoms with van der Waals surface area (Å²) in [6, 6.07) is 3.73. The maximum absolute atomic E-state index is 12.3. The highest BCUT2D eigenvalue weighted by Gasteiger charge is 2.19. The Labute approximate surface area is 131 Å². The van der Waals surface area contributed by atoms with Crippen molar-refractivity contribution in [2.45, 2.75) is 12.8 Å². The number of anilines is 1. The lowest BCUT2D eigenvalue weighted by Crippen LogP contribution is -2.47. The molecule has 1 heterocycles. The Morgan fingerprint density at radius 1 is 1.18 bits per heavy atom. The zero-order valence-electron chi connectivity index (χ0n) is 13.6. The summed E-state index contributed by atoms with van der Waals surface area (Å²) in [7, 11) is 5.22. The van der Waals surface area contributed by atoms with Crippen molar-refractivity contribution in [3.8, 4) is 11.5 Å². The molecule has 1 amide bonds. The highest BCUT2D eigenvalue weighted by atomic mass is 16.5. The number of nitrogens with zero attached hydrogens (tertiary/aromatic N) is 2. The number of likely N-dealkylation sites (N-methyl/N-ethyl adjacent to an activating group) is 1. The van der Waals surface area contributed by atoms with E-state index in [1.165, 1.54) is 0 Å². The van der Waals surface area contributed by atoms with Gasteiger partial charge in [0.2, 0.25) is 5.91 Å². The predicted molar refractivity (Wildman–Crippen MR) is 86.4 cm³/mol. The second-order valence-electron chi connectivity index (χ2n) is 5.60. The molecule has 6 nitrogen and oxygen atoms in total. The average Bonchev–Trinajstić information content (AvgIpc) is 2.52. The first-order valence-corrected chi connectivity index (χ1v) is 7.52. The molecular weight excluding hydrogens is 282 g/mol. The van der Waals surface area contributed by atoms with Gasteiger partial charge >= 0.3 is 0 Å². The van der Waals surface area contributed by atoms with Crippen molar-refractivity contribution in [1.29, 1.82) is 0 Å². The summed E-state index contributed by atoms with van der Waals surface area (Å²) < 4.78 is 10.5. The number of carbonyl (C=O) groups excluding carboxylic acids is 1. The van der Waals surface area contributed by atoms with E-state index in [4.69, 9.17) is 15.2 Å². The van der Waals surface area contributed by atoms with E-state index in [0.29, 0.717) is 30.0 Å². The van der Waals surface area contributed by atoms with Crippen molar-refractivity contribution in [2.75, 3.05) is 53.2 Å². The van der Waals surface area contributed by atoms with Gasteiger partial charge in [-0.1, -0.05) is 0 Å². The summed E-state index contributed by atoms with van der Waals surface area (Å²) in [5, 5.41) is 0. The molecule has 6 heteroatoms. The van der Waals surface area contributed by atoms with Crippen LogP contribution < -0.4 is 15.2 Å². The number of ether oxygens (including phenoxy) is 2. The van der Waals surface area contributed by atoms with Crippen molar-refractivity contribution in [1.82, 2.24) is 9.80 Å². The van der Waals surface area contributed by atoms with Gasteiger partial charge in [-0.15, -0.1) is 0 Å². The molecular formula is C16H25N3O3. The minimum Gasteiger partial charge on any atom is -0.493 e. The lowest BCUT2D eigenvalue weighted by atomic mass is 10.1. The number of hydrogen-bond acceptors (Lipinski definition) is 5. The number of nitrogens with two attached hydrogens (primary N) is 1. The van der Waals surface area contributed by atoms with Crippen molar-refractivity contribution in [3.63, 3.8) is 0 Å². The maximum Gasteiger partial charge on any atom is 0.222 e. The van der Waals surface area contributed by atoms with E-state index in [9.17, 15) is 4.79 Å². The molecule has 1 aliphatic heterocycles. The topological polar surface area (TPSA) is 68.0 Å². The summed E-state index contributed by atoms with van der Waals surface area (Å²) in [6.07, 6.45) is 1.13. The van der Waals surface area contributed by atoms with Crippen molar-refractivity contribution < 1.29 is 14.3 Å². The van der Waals surface area contributed by atoms with Crippen LogP contribution >= 0.6 is 0 Å². The summed E-state index contributed by atoms with van der Waals surface area (Å²) in [5.74, 6) is 1.34. The summed E-state index contributed by atoms with van der Waals surface area (Å²) in [5.41, 5.74) is 7.48. The van der Waals surface area contributed by atoms with Gasteiger partial charge in [0.25, 0.3) is 0 Å². The smallest absolute Gasteiger partial charge is 0.222 e. The van der Waals surface area contributed by atoms with Crippen molar-refractivity contribution in [3.05, 3.63) is 17.7 Å². The fourth-order valence-corrected chi connectivity index (χ4v) is 2.66. The van der Waals surface area contributed by atoms with Crippen LogP contribution in [0.5, 0.6) is 11.5 Å².